The number of nitro benzene ring substituents is 1. The maximum atomic E-state index is 12.9. The zero-order chi connectivity index (χ0) is 23.8. The molecule has 0 heterocycles. The van der Waals surface area contributed by atoms with Crippen LogP contribution in [0.5, 0.6) is 0 Å². The van der Waals surface area contributed by atoms with Crippen molar-refractivity contribution in [2.24, 2.45) is 0 Å². The average molecular weight is 510 g/mol. The SMILES string of the molecule is C=C(C)CN(C(=O)CCCCCCCCCCCCCCC)c1cc([N+](=O)[O-])ccc1Br. The van der Waals surface area contributed by atoms with E-state index in [0.29, 0.717) is 23.1 Å². The molecule has 0 aliphatic heterocycles. The maximum absolute atomic E-state index is 12.9. The number of unbranched alkanes of at least 4 members (excludes halogenated alkanes) is 12. The Balaban J connectivity index is 2.34. The molecule has 1 rings (SSSR count). The van der Waals surface area contributed by atoms with Crippen molar-refractivity contribution in [2.45, 2.75) is 104 Å². The molecule has 1 aromatic rings. The van der Waals surface area contributed by atoms with Gasteiger partial charge in [0.1, 0.15) is 0 Å². The van der Waals surface area contributed by atoms with Gasteiger partial charge in [-0.25, -0.2) is 0 Å². The molecule has 180 valence electrons. The van der Waals surface area contributed by atoms with Crippen molar-refractivity contribution < 1.29 is 9.72 Å². The van der Waals surface area contributed by atoms with Gasteiger partial charge in [-0.1, -0.05) is 96.1 Å². The summed E-state index contributed by atoms with van der Waals surface area (Å²) in [5.41, 5.74) is 1.34. The van der Waals surface area contributed by atoms with Crippen LogP contribution < -0.4 is 4.90 Å². The van der Waals surface area contributed by atoms with Gasteiger partial charge in [0.15, 0.2) is 0 Å². The number of hydrogen-bond donors (Lipinski definition) is 0. The number of halogens is 1. The summed E-state index contributed by atoms with van der Waals surface area (Å²) in [7, 11) is 0. The summed E-state index contributed by atoms with van der Waals surface area (Å²) < 4.78 is 0.670. The number of amides is 1. The first-order valence-corrected chi connectivity index (χ1v) is 13.0. The predicted molar refractivity (Wildman–Crippen MR) is 138 cm³/mol. The predicted octanol–water partition coefficient (Wildman–Crippen LogP) is 8.75. The molecular formula is C26H41BrN2O3. The summed E-state index contributed by atoms with van der Waals surface area (Å²) in [5.74, 6) is -0.0164. The third kappa shape index (κ3) is 11.8. The lowest BCUT2D eigenvalue weighted by Gasteiger charge is -2.24. The van der Waals surface area contributed by atoms with E-state index in [4.69, 9.17) is 0 Å². The summed E-state index contributed by atoms with van der Waals surface area (Å²) in [6, 6.07) is 4.51. The molecule has 0 unspecified atom stereocenters. The first-order valence-electron chi connectivity index (χ1n) is 12.3. The molecule has 0 fully saturated rings. The second-order valence-corrected chi connectivity index (χ2v) is 9.68. The van der Waals surface area contributed by atoms with Gasteiger partial charge in [-0.15, -0.1) is 0 Å². The van der Waals surface area contributed by atoms with Gasteiger partial charge in [-0.05, 0) is 35.3 Å². The highest BCUT2D eigenvalue weighted by atomic mass is 79.9. The second kappa shape index (κ2) is 16.9. The number of nitro groups is 1. The van der Waals surface area contributed by atoms with E-state index in [2.05, 4.69) is 29.4 Å². The van der Waals surface area contributed by atoms with E-state index in [9.17, 15) is 14.9 Å². The first-order chi connectivity index (χ1) is 15.4. The van der Waals surface area contributed by atoms with E-state index in [1.807, 2.05) is 6.92 Å². The molecular weight excluding hydrogens is 468 g/mol. The van der Waals surface area contributed by atoms with Gasteiger partial charge >= 0.3 is 0 Å². The molecule has 5 nitrogen and oxygen atoms in total. The molecule has 0 bridgehead atoms. The Kier molecular flexibility index (Phi) is 14.9. The maximum Gasteiger partial charge on any atom is 0.271 e. The highest BCUT2D eigenvalue weighted by Crippen LogP contribution is 2.31. The zero-order valence-electron chi connectivity index (χ0n) is 20.0. The number of carbonyl (C=O) groups is 1. The average Bonchev–Trinajstić information content (AvgIpc) is 2.75. The molecule has 0 saturated heterocycles. The van der Waals surface area contributed by atoms with Crippen molar-refractivity contribution in [1.29, 1.82) is 0 Å². The van der Waals surface area contributed by atoms with Crippen molar-refractivity contribution in [3.05, 3.63) is 44.9 Å². The van der Waals surface area contributed by atoms with Gasteiger partial charge in [0.2, 0.25) is 5.91 Å². The molecule has 0 radical (unpaired) electrons. The van der Waals surface area contributed by atoms with Crippen LogP contribution in [0.2, 0.25) is 0 Å². The van der Waals surface area contributed by atoms with E-state index >= 15 is 0 Å². The van der Waals surface area contributed by atoms with Crippen molar-refractivity contribution in [1.82, 2.24) is 0 Å². The Morgan fingerprint density at radius 3 is 1.94 bits per heavy atom. The standard InChI is InChI=1S/C26H41BrN2O3/c1-4-5-6-7-8-9-10-11-12-13-14-15-16-17-26(30)28(21-22(2)3)25-20-23(29(31)32)18-19-24(25)27/h18-20H,2,4-17,21H2,1,3H3. The Morgan fingerprint density at radius 2 is 1.47 bits per heavy atom. The number of rotatable bonds is 18. The van der Waals surface area contributed by atoms with Crippen LogP contribution in [0.1, 0.15) is 104 Å². The van der Waals surface area contributed by atoms with Gasteiger partial charge in [-0.2, -0.15) is 0 Å². The number of benzene rings is 1. The van der Waals surface area contributed by atoms with Crippen molar-refractivity contribution in [2.75, 3.05) is 11.4 Å². The summed E-state index contributed by atoms with van der Waals surface area (Å²) >= 11 is 3.44. The molecule has 0 spiro atoms. The fourth-order valence-corrected chi connectivity index (χ4v) is 4.29. The Bertz CT molecular complexity index is 721. The zero-order valence-corrected chi connectivity index (χ0v) is 21.6. The lowest BCUT2D eigenvalue weighted by molar-refractivity contribution is -0.384. The van der Waals surface area contributed by atoms with Crippen LogP contribution >= 0.6 is 15.9 Å². The van der Waals surface area contributed by atoms with Crippen molar-refractivity contribution >= 4 is 33.2 Å². The number of nitrogens with zero attached hydrogens (tertiary/aromatic N) is 2. The summed E-state index contributed by atoms with van der Waals surface area (Å²) in [4.78, 5) is 25.2. The first kappa shape index (κ1) is 28.3. The Morgan fingerprint density at radius 1 is 0.969 bits per heavy atom. The highest BCUT2D eigenvalue weighted by Gasteiger charge is 2.20. The fraction of sp³-hybridized carbons (Fsp3) is 0.654. The lowest BCUT2D eigenvalue weighted by Crippen LogP contribution is -2.32. The van der Waals surface area contributed by atoms with E-state index < -0.39 is 4.92 Å². The van der Waals surface area contributed by atoms with Crippen LogP contribution in [0.4, 0.5) is 11.4 Å². The van der Waals surface area contributed by atoms with Crippen LogP contribution in [0.25, 0.3) is 0 Å². The fourth-order valence-electron chi connectivity index (χ4n) is 3.83. The molecule has 0 saturated carbocycles. The van der Waals surface area contributed by atoms with Crippen LogP contribution in [-0.4, -0.2) is 17.4 Å². The lowest BCUT2D eigenvalue weighted by atomic mass is 10.0. The number of carbonyl (C=O) groups excluding carboxylic acids is 1. The van der Waals surface area contributed by atoms with E-state index in [0.717, 1.165) is 24.8 Å². The largest absolute Gasteiger partial charge is 0.307 e. The van der Waals surface area contributed by atoms with Crippen LogP contribution in [0.15, 0.2) is 34.8 Å². The normalized spacial score (nSPS) is 10.8. The topological polar surface area (TPSA) is 63.5 Å². The van der Waals surface area contributed by atoms with Crippen LogP contribution in [0, 0.1) is 10.1 Å². The van der Waals surface area contributed by atoms with E-state index in [1.54, 1.807) is 11.0 Å². The smallest absolute Gasteiger partial charge is 0.271 e. The molecule has 1 amide bonds. The minimum atomic E-state index is -0.439. The van der Waals surface area contributed by atoms with Crippen LogP contribution in [-0.2, 0) is 4.79 Å². The van der Waals surface area contributed by atoms with E-state index in [-0.39, 0.29) is 11.6 Å². The minimum Gasteiger partial charge on any atom is -0.307 e. The van der Waals surface area contributed by atoms with Gasteiger partial charge in [-0.3, -0.25) is 14.9 Å². The molecule has 0 atom stereocenters. The molecule has 0 aliphatic carbocycles. The quantitative estimate of drug-likeness (QED) is 0.0860. The van der Waals surface area contributed by atoms with E-state index in [1.165, 1.54) is 76.3 Å². The van der Waals surface area contributed by atoms with Gasteiger partial charge < -0.3 is 4.90 Å². The molecule has 1 aromatic carbocycles. The van der Waals surface area contributed by atoms with Gasteiger partial charge in [0.05, 0.1) is 10.6 Å². The number of anilines is 1. The third-order valence-corrected chi connectivity index (χ3v) is 6.33. The Labute approximate surface area is 202 Å². The minimum absolute atomic E-state index is 0.0164. The Hall–Kier alpha value is -1.69. The second-order valence-electron chi connectivity index (χ2n) is 8.82. The molecule has 0 N–H and O–H groups in total. The molecule has 0 aromatic heterocycles. The van der Waals surface area contributed by atoms with Crippen molar-refractivity contribution in [3.63, 3.8) is 0 Å². The van der Waals surface area contributed by atoms with Crippen LogP contribution in [0.3, 0.4) is 0 Å². The summed E-state index contributed by atoms with van der Waals surface area (Å²) in [6.07, 6.45) is 16.9. The number of non-ortho nitro benzene ring substituents is 1. The number of hydrogen-bond acceptors (Lipinski definition) is 3. The van der Waals surface area contributed by atoms with Gasteiger partial charge in [0, 0.05) is 29.6 Å². The summed E-state index contributed by atoms with van der Waals surface area (Å²) in [5, 5.41) is 11.2. The monoisotopic (exact) mass is 508 g/mol. The van der Waals surface area contributed by atoms with Gasteiger partial charge in [0.25, 0.3) is 5.69 Å². The summed E-state index contributed by atoms with van der Waals surface area (Å²) in [6.45, 7) is 8.39. The molecule has 32 heavy (non-hydrogen) atoms. The third-order valence-electron chi connectivity index (χ3n) is 5.65. The highest BCUT2D eigenvalue weighted by molar-refractivity contribution is 9.10. The molecule has 0 aliphatic rings. The van der Waals surface area contributed by atoms with Crippen molar-refractivity contribution in [3.8, 4) is 0 Å². The molecule has 6 heteroatoms.